The molecule has 0 radical (unpaired) electrons. The van der Waals surface area contributed by atoms with Crippen molar-refractivity contribution in [1.82, 2.24) is 9.55 Å². The van der Waals surface area contributed by atoms with Crippen molar-refractivity contribution in [2.24, 2.45) is 5.73 Å². The Morgan fingerprint density at radius 3 is 2.94 bits per heavy atom. The largest absolute Gasteiger partial charge is 0.480 e. The van der Waals surface area contributed by atoms with Gasteiger partial charge in [-0.3, -0.25) is 4.79 Å². The molecule has 88 valence electrons. The molecule has 0 bridgehead atoms. The predicted octanol–water partition coefficient (Wildman–Crippen LogP) is 0.482. The summed E-state index contributed by atoms with van der Waals surface area (Å²) in [7, 11) is 0. The summed E-state index contributed by atoms with van der Waals surface area (Å²) in [5.41, 5.74) is 6.91. The Hall–Kier alpha value is -1.36. The zero-order valence-corrected chi connectivity index (χ0v) is 9.66. The minimum absolute atomic E-state index is 0.323. The van der Waals surface area contributed by atoms with Gasteiger partial charge in [0.2, 0.25) is 0 Å². The standard InChI is InChI=1S/C11H17N3O2/c1-3-8-7(2)14-5-4-11(12,10(15)16)6-9(14)13-8/h3-6,12H2,1-2H3,(H,15,16). The summed E-state index contributed by atoms with van der Waals surface area (Å²) >= 11 is 0. The molecule has 1 aromatic heterocycles. The number of rotatable bonds is 2. The van der Waals surface area contributed by atoms with Crippen molar-refractivity contribution >= 4 is 5.97 Å². The van der Waals surface area contributed by atoms with Gasteiger partial charge >= 0.3 is 5.97 Å². The molecule has 0 saturated heterocycles. The second-order valence-electron chi connectivity index (χ2n) is 4.45. The fourth-order valence-electron chi connectivity index (χ4n) is 2.28. The van der Waals surface area contributed by atoms with Gasteiger partial charge < -0.3 is 15.4 Å². The Kier molecular flexibility index (Phi) is 2.50. The van der Waals surface area contributed by atoms with Gasteiger partial charge in [-0.1, -0.05) is 6.92 Å². The van der Waals surface area contributed by atoms with Crippen molar-refractivity contribution in [3.05, 3.63) is 17.2 Å². The fraction of sp³-hybridized carbons (Fsp3) is 0.636. The van der Waals surface area contributed by atoms with Crippen LogP contribution in [0.3, 0.4) is 0 Å². The molecule has 1 aromatic rings. The van der Waals surface area contributed by atoms with Crippen LogP contribution in [0, 0.1) is 6.92 Å². The maximum absolute atomic E-state index is 11.1. The molecule has 0 aromatic carbocycles. The van der Waals surface area contributed by atoms with Crippen molar-refractivity contribution in [3.8, 4) is 0 Å². The first-order valence-corrected chi connectivity index (χ1v) is 5.55. The number of carboxylic acids is 1. The van der Waals surface area contributed by atoms with E-state index < -0.39 is 11.5 Å². The molecule has 1 aliphatic rings. The summed E-state index contributed by atoms with van der Waals surface area (Å²) in [4.78, 5) is 15.6. The Balaban J connectivity index is 2.38. The molecule has 0 spiro atoms. The van der Waals surface area contributed by atoms with Gasteiger partial charge in [0, 0.05) is 18.7 Å². The van der Waals surface area contributed by atoms with Crippen LogP contribution in [0.1, 0.15) is 30.6 Å². The van der Waals surface area contributed by atoms with Gasteiger partial charge in [-0.25, -0.2) is 4.98 Å². The maximum atomic E-state index is 11.1. The van der Waals surface area contributed by atoms with E-state index in [0.717, 1.165) is 23.6 Å². The molecule has 2 rings (SSSR count). The number of hydrogen-bond acceptors (Lipinski definition) is 3. The molecule has 5 heteroatoms. The summed E-state index contributed by atoms with van der Waals surface area (Å²) in [6.45, 7) is 4.73. The molecule has 3 N–H and O–H groups in total. The lowest BCUT2D eigenvalue weighted by molar-refractivity contribution is -0.144. The number of aromatic nitrogens is 2. The van der Waals surface area contributed by atoms with Crippen molar-refractivity contribution in [1.29, 1.82) is 0 Å². The van der Waals surface area contributed by atoms with Crippen LogP contribution < -0.4 is 5.73 Å². The van der Waals surface area contributed by atoms with Gasteiger partial charge in [0.1, 0.15) is 11.4 Å². The Morgan fingerprint density at radius 1 is 1.69 bits per heavy atom. The summed E-state index contributed by atoms with van der Waals surface area (Å²) in [5, 5.41) is 9.09. The van der Waals surface area contributed by atoms with E-state index in [1.54, 1.807) is 0 Å². The van der Waals surface area contributed by atoms with Crippen LogP contribution in [0.15, 0.2) is 0 Å². The van der Waals surface area contributed by atoms with E-state index in [1.807, 2.05) is 13.8 Å². The number of carboxylic acid groups (broad SMARTS) is 1. The highest BCUT2D eigenvalue weighted by Crippen LogP contribution is 2.25. The SMILES string of the molecule is CCc1nc2n(c1C)CCC(N)(C(=O)O)C2. The lowest BCUT2D eigenvalue weighted by atomic mass is 9.89. The molecule has 16 heavy (non-hydrogen) atoms. The first kappa shape index (κ1) is 11.1. The van der Waals surface area contributed by atoms with Crippen molar-refractivity contribution < 1.29 is 9.90 Å². The number of hydrogen-bond donors (Lipinski definition) is 2. The molecular formula is C11H17N3O2. The lowest BCUT2D eigenvalue weighted by Crippen LogP contribution is -2.53. The highest BCUT2D eigenvalue weighted by molar-refractivity contribution is 5.79. The van der Waals surface area contributed by atoms with E-state index in [0.29, 0.717) is 19.4 Å². The van der Waals surface area contributed by atoms with Crippen molar-refractivity contribution in [2.45, 2.75) is 45.2 Å². The van der Waals surface area contributed by atoms with Gasteiger partial charge in [-0.2, -0.15) is 0 Å². The number of fused-ring (bicyclic) bond motifs is 1. The number of imidazole rings is 1. The van der Waals surface area contributed by atoms with E-state index >= 15 is 0 Å². The molecule has 1 unspecified atom stereocenters. The number of nitrogens with zero attached hydrogens (tertiary/aromatic N) is 2. The quantitative estimate of drug-likeness (QED) is 0.764. The minimum atomic E-state index is -1.14. The van der Waals surface area contributed by atoms with E-state index in [-0.39, 0.29) is 0 Å². The van der Waals surface area contributed by atoms with E-state index in [9.17, 15) is 4.79 Å². The molecule has 0 aliphatic carbocycles. The number of aryl methyl sites for hydroxylation is 1. The zero-order chi connectivity index (χ0) is 11.9. The average molecular weight is 223 g/mol. The third-order valence-electron chi connectivity index (χ3n) is 3.41. The number of aliphatic carboxylic acids is 1. The van der Waals surface area contributed by atoms with Crippen LogP contribution in [0.25, 0.3) is 0 Å². The Morgan fingerprint density at radius 2 is 2.38 bits per heavy atom. The van der Waals surface area contributed by atoms with Crippen LogP contribution >= 0.6 is 0 Å². The van der Waals surface area contributed by atoms with Gasteiger partial charge in [0.25, 0.3) is 0 Å². The van der Waals surface area contributed by atoms with Gasteiger partial charge in [-0.15, -0.1) is 0 Å². The Bertz CT molecular complexity index is 439. The Labute approximate surface area is 94.3 Å². The summed E-state index contributed by atoms with van der Waals surface area (Å²) in [6.07, 6.45) is 1.66. The maximum Gasteiger partial charge on any atom is 0.324 e. The highest BCUT2D eigenvalue weighted by Gasteiger charge is 2.39. The molecule has 1 atom stereocenters. The second-order valence-corrected chi connectivity index (χ2v) is 4.45. The average Bonchev–Trinajstić information content (AvgIpc) is 2.54. The van der Waals surface area contributed by atoms with Gasteiger partial charge in [0.05, 0.1) is 5.69 Å². The topological polar surface area (TPSA) is 81.1 Å². The lowest BCUT2D eigenvalue weighted by Gasteiger charge is -2.30. The normalized spacial score (nSPS) is 24.2. The third-order valence-corrected chi connectivity index (χ3v) is 3.41. The first-order chi connectivity index (χ1) is 7.48. The number of nitrogens with two attached hydrogens (primary N) is 1. The first-order valence-electron chi connectivity index (χ1n) is 5.55. The molecule has 0 saturated carbocycles. The smallest absolute Gasteiger partial charge is 0.324 e. The van der Waals surface area contributed by atoms with E-state index in [4.69, 9.17) is 10.8 Å². The monoisotopic (exact) mass is 223 g/mol. The zero-order valence-electron chi connectivity index (χ0n) is 9.66. The van der Waals surface area contributed by atoms with Crippen LogP contribution in [0.5, 0.6) is 0 Å². The van der Waals surface area contributed by atoms with Crippen LogP contribution in [-0.2, 0) is 24.2 Å². The summed E-state index contributed by atoms with van der Waals surface area (Å²) < 4.78 is 2.09. The van der Waals surface area contributed by atoms with Crippen molar-refractivity contribution in [3.63, 3.8) is 0 Å². The van der Waals surface area contributed by atoms with E-state index in [1.165, 1.54) is 0 Å². The van der Waals surface area contributed by atoms with Crippen LogP contribution in [-0.4, -0.2) is 26.2 Å². The number of carbonyl (C=O) groups is 1. The highest BCUT2D eigenvalue weighted by atomic mass is 16.4. The van der Waals surface area contributed by atoms with E-state index in [2.05, 4.69) is 9.55 Å². The van der Waals surface area contributed by atoms with Gasteiger partial charge in [0.15, 0.2) is 0 Å². The molecule has 1 aliphatic heterocycles. The fourth-order valence-corrected chi connectivity index (χ4v) is 2.28. The van der Waals surface area contributed by atoms with Gasteiger partial charge in [-0.05, 0) is 19.8 Å². The predicted molar refractivity (Wildman–Crippen MR) is 59.2 cm³/mol. The molecule has 0 fully saturated rings. The van der Waals surface area contributed by atoms with Crippen LogP contribution in [0.2, 0.25) is 0 Å². The molecular weight excluding hydrogens is 206 g/mol. The summed E-state index contributed by atoms with van der Waals surface area (Å²) in [6, 6.07) is 0. The summed E-state index contributed by atoms with van der Waals surface area (Å²) in [5.74, 6) is -0.122. The van der Waals surface area contributed by atoms with Crippen molar-refractivity contribution in [2.75, 3.05) is 0 Å². The minimum Gasteiger partial charge on any atom is -0.480 e. The molecule has 5 nitrogen and oxygen atoms in total. The molecule has 0 amide bonds. The molecule has 2 heterocycles. The second kappa shape index (κ2) is 3.59. The van der Waals surface area contributed by atoms with Crippen LogP contribution in [0.4, 0.5) is 0 Å². The third kappa shape index (κ3) is 1.51.